The predicted molar refractivity (Wildman–Crippen MR) is 86.9 cm³/mol. The Balaban J connectivity index is 1.86. The molecule has 1 fully saturated rings. The Morgan fingerprint density at radius 2 is 2.04 bits per heavy atom. The van der Waals surface area contributed by atoms with Gasteiger partial charge in [0, 0.05) is 25.0 Å². The van der Waals surface area contributed by atoms with Gasteiger partial charge in [0.1, 0.15) is 5.76 Å². The van der Waals surface area contributed by atoms with E-state index in [1.165, 1.54) is 11.9 Å². The van der Waals surface area contributed by atoms with Crippen LogP contribution in [0.15, 0.2) is 48.3 Å². The number of aliphatic hydroxyl groups excluding tert-OH is 1. The number of aromatic nitrogens is 1. The van der Waals surface area contributed by atoms with Gasteiger partial charge in [0.2, 0.25) is 6.79 Å². The van der Waals surface area contributed by atoms with Crippen LogP contribution in [0.5, 0.6) is 11.5 Å². The zero-order valence-corrected chi connectivity index (χ0v) is 13.3. The van der Waals surface area contributed by atoms with Gasteiger partial charge in [-0.2, -0.15) is 0 Å². The van der Waals surface area contributed by atoms with Crippen LogP contribution in [0.2, 0.25) is 0 Å². The molecule has 1 unspecified atom stereocenters. The van der Waals surface area contributed by atoms with Gasteiger partial charge in [0.15, 0.2) is 11.5 Å². The van der Waals surface area contributed by atoms with Crippen molar-refractivity contribution in [3.05, 3.63) is 59.4 Å². The lowest BCUT2D eigenvalue weighted by atomic mass is 9.96. The number of nitrogens with zero attached hydrogens (tertiary/aromatic N) is 2. The number of aliphatic hydroxyl groups is 1. The summed E-state index contributed by atoms with van der Waals surface area (Å²) in [7, 11) is 1.53. The highest BCUT2D eigenvalue weighted by atomic mass is 16.7. The summed E-state index contributed by atoms with van der Waals surface area (Å²) < 4.78 is 10.6. The lowest BCUT2D eigenvalue weighted by Gasteiger charge is -2.20. The van der Waals surface area contributed by atoms with E-state index < -0.39 is 17.7 Å². The normalized spacial score (nSPS) is 21.0. The van der Waals surface area contributed by atoms with Gasteiger partial charge in [-0.1, -0.05) is 6.07 Å². The van der Waals surface area contributed by atoms with Crippen LogP contribution in [-0.4, -0.2) is 40.5 Å². The number of hydrogen-bond donors (Lipinski definition) is 1. The number of carbonyl (C=O) groups excluding carboxylic acids is 2. The van der Waals surface area contributed by atoms with Crippen molar-refractivity contribution in [2.24, 2.45) is 0 Å². The maximum Gasteiger partial charge on any atom is 0.295 e. The highest BCUT2D eigenvalue weighted by molar-refractivity contribution is 6.46. The van der Waals surface area contributed by atoms with Crippen LogP contribution in [0, 0.1) is 0 Å². The van der Waals surface area contributed by atoms with Crippen molar-refractivity contribution in [2.75, 3.05) is 13.8 Å². The molecule has 2 aliphatic heterocycles. The van der Waals surface area contributed by atoms with Crippen molar-refractivity contribution in [2.45, 2.75) is 6.04 Å². The molecular weight excluding hydrogens is 324 g/mol. The maximum atomic E-state index is 12.5. The van der Waals surface area contributed by atoms with Crippen LogP contribution < -0.4 is 9.47 Å². The summed E-state index contributed by atoms with van der Waals surface area (Å²) in [5.74, 6) is -0.610. The van der Waals surface area contributed by atoms with Gasteiger partial charge < -0.3 is 19.5 Å². The second-order valence-electron chi connectivity index (χ2n) is 5.76. The summed E-state index contributed by atoms with van der Waals surface area (Å²) in [5, 5.41) is 10.8. The molecule has 1 saturated heterocycles. The number of likely N-dealkylation sites (tertiary alicyclic amines) is 1. The molecule has 2 aromatic rings. The number of ketones is 1. The number of carbonyl (C=O) groups is 2. The minimum Gasteiger partial charge on any atom is -0.507 e. The molecule has 1 aromatic carbocycles. The number of Topliss-reactive ketones (excluding diaryl/α,β-unsaturated/α-hetero) is 1. The maximum absolute atomic E-state index is 12.5. The van der Waals surface area contributed by atoms with E-state index in [0.29, 0.717) is 22.6 Å². The smallest absolute Gasteiger partial charge is 0.295 e. The van der Waals surface area contributed by atoms with Crippen molar-refractivity contribution in [1.82, 2.24) is 9.88 Å². The summed E-state index contributed by atoms with van der Waals surface area (Å²) in [5.41, 5.74) is 1.05. The molecule has 1 atom stereocenters. The van der Waals surface area contributed by atoms with Gasteiger partial charge in [-0.15, -0.1) is 0 Å². The first-order valence-corrected chi connectivity index (χ1v) is 7.62. The van der Waals surface area contributed by atoms with Crippen molar-refractivity contribution >= 4 is 17.4 Å². The molecule has 25 heavy (non-hydrogen) atoms. The molecule has 126 valence electrons. The average Bonchev–Trinajstić information content (AvgIpc) is 3.19. The van der Waals surface area contributed by atoms with Crippen LogP contribution in [0.3, 0.4) is 0 Å². The zero-order chi connectivity index (χ0) is 17.6. The Bertz CT molecular complexity index is 907. The third kappa shape index (κ3) is 2.32. The molecule has 0 bridgehead atoms. The topological polar surface area (TPSA) is 89.0 Å². The van der Waals surface area contributed by atoms with E-state index >= 15 is 0 Å². The van der Waals surface area contributed by atoms with Crippen molar-refractivity contribution in [3.8, 4) is 11.5 Å². The van der Waals surface area contributed by atoms with Gasteiger partial charge in [0.05, 0.1) is 11.6 Å². The number of likely N-dealkylation sites (N-methyl/N-ethyl adjacent to an activating group) is 1. The van der Waals surface area contributed by atoms with Gasteiger partial charge in [0.25, 0.3) is 11.7 Å². The zero-order valence-electron chi connectivity index (χ0n) is 13.3. The fourth-order valence-electron chi connectivity index (χ4n) is 3.07. The lowest BCUT2D eigenvalue weighted by Crippen LogP contribution is -2.24. The van der Waals surface area contributed by atoms with Crippen LogP contribution in [-0.2, 0) is 9.59 Å². The average molecular weight is 338 g/mol. The first-order chi connectivity index (χ1) is 12.1. The lowest BCUT2D eigenvalue weighted by molar-refractivity contribution is -0.139. The van der Waals surface area contributed by atoms with E-state index in [0.717, 1.165) is 0 Å². The first-order valence-electron chi connectivity index (χ1n) is 7.62. The molecule has 0 spiro atoms. The minimum atomic E-state index is -0.730. The fraction of sp³-hybridized carbons (Fsp3) is 0.167. The number of fused-ring (bicyclic) bond motifs is 1. The third-order valence-corrected chi connectivity index (χ3v) is 4.32. The van der Waals surface area contributed by atoms with Crippen molar-refractivity contribution in [3.63, 3.8) is 0 Å². The molecule has 7 heteroatoms. The van der Waals surface area contributed by atoms with Gasteiger partial charge in [-0.05, 0) is 29.8 Å². The van der Waals surface area contributed by atoms with E-state index in [2.05, 4.69) is 4.98 Å². The Kier molecular flexibility index (Phi) is 3.42. The second-order valence-corrected chi connectivity index (χ2v) is 5.76. The van der Waals surface area contributed by atoms with E-state index in [1.807, 2.05) is 0 Å². The van der Waals surface area contributed by atoms with Crippen LogP contribution in [0.4, 0.5) is 0 Å². The first kappa shape index (κ1) is 15.2. The van der Waals surface area contributed by atoms with E-state index in [1.54, 1.807) is 42.7 Å². The third-order valence-electron chi connectivity index (χ3n) is 4.32. The van der Waals surface area contributed by atoms with Gasteiger partial charge in [-0.25, -0.2) is 0 Å². The number of rotatable bonds is 2. The Morgan fingerprint density at radius 1 is 1.24 bits per heavy atom. The predicted octanol–water partition coefficient (Wildman–Crippen LogP) is 1.86. The summed E-state index contributed by atoms with van der Waals surface area (Å²) >= 11 is 0. The number of pyridine rings is 1. The number of amides is 1. The standard InChI is InChI=1S/C18H14N2O5/c1-20-15(11-3-2-6-19-8-11)14(17(22)18(20)23)16(21)10-4-5-12-13(7-10)25-9-24-12/h2-8,15,21H,9H2,1H3/b16-14+. The highest BCUT2D eigenvalue weighted by Crippen LogP contribution is 2.40. The molecule has 0 radical (unpaired) electrons. The monoisotopic (exact) mass is 338 g/mol. The van der Waals surface area contributed by atoms with E-state index in [-0.39, 0.29) is 18.1 Å². The molecule has 1 amide bonds. The second kappa shape index (κ2) is 5.62. The van der Waals surface area contributed by atoms with Crippen LogP contribution in [0.1, 0.15) is 17.2 Å². The van der Waals surface area contributed by atoms with Gasteiger partial charge >= 0.3 is 0 Å². The van der Waals surface area contributed by atoms with E-state index in [9.17, 15) is 14.7 Å². The molecule has 0 aliphatic carbocycles. The molecular formula is C18H14N2O5. The number of ether oxygens (including phenoxy) is 2. The quantitative estimate of drug-likeness (QED) is 0.511. The molecule has 2 aliphatic rings. The summed E-state index contributed by atoms with van der Waals surface area (Å²) in [4.78, 5) is 30.0. The van der Waals surface area contributed by atoms with Crippen LogP contribution in [0.25, 0.3) is 5.76 Å². The minimum absolute atomic E-state index is 0.0272. The summed E-state index contributed by atoms with van der Waals surface area (Å²) in [6.07, 6.45) is 3.17. The Labute approximate surface area is 143 Å². The number of benzene rings is 1. The molecule has 4 rings (SSSR count). The van der Waals surface area contributed by atoms with Crippen molar-refractivity contribution in [1.29, 1.82) is 0 Å². The summed E-state index contributed by atoms with van der Waals surface area (Å²) in [6, 6.07) is 7.63. The molecule has 3 heterocycles. The fourth-order valence-corrected chi connectivity index (χ4v) is 3.07. The highest BCUT2D eigenvalue weighted by Gasteiger charge is 2.44. The molecule has 7 nitrogen and oxygen atoms in total. The molecule has 0 saturated carbocycles. The van der Waals surface area contributed by atoms with Gasteiger partial charge in [-0.3, -0.25) is 14.6 Å². The SMILES string of the molecule is CN1C(=O)C(=O)/C(=C(/O)c2ccc3c(c2)OCO3)C1c1cccnc1. The van der Waals surface area contributed by atoms with Crippen LogP contribution >= 0.6 is 0 Å². The summed E-state index contributed by atoms with van der Waals surface area (Å²) in [6.45, 7) is 0.106. The van der Waals surface area contributed by atoms with Crippen molar-refractivity contribution < 1.29 is 24.2 Å². The number of hydrogen-bond acceptors (Lipinski definition) is 6. The molecule has 1 N–H and O–H groups in total. The largest absolute Gasteiger partial charge is 0.507 e. The Morgan fingerprint density at radius 3 is 2.80 bits per heavy atom. The Hall–Kier alpha value is -3.35. The molecule has 1 aromatic heterocycles. The van der Waals surface area contributed by atoms with E-state index in [4.69, 9.17) is 9.47 Å².